The topological polar surface area (TPSA) is 30.2 Å². The molecule has 0 unspecified atom stereocenters. The Kier molecular flexibility index (Phi) is 1.96. The normalized spacial score (nSPS) is 9.85. The van der Waals surface area contributed by atoms with Crippen molar-refractivity contribution >= 4 is 0 Å². The molecule has 0 spiro atoms. The van der Waals surface area contributed by atoms with Crippen LogP contribution >= 0.6 is 0 Å². The van der Waals surface area contributed by atoms with Crippen molar-refractivity contribution < 1.29 is 4.42 Å². The summed E-state index contributed by atoms with van der Waals surface area (Å²) in [5.41, 5.74) is 1.47. The lowest BCUT2D eigenvalue weighted by Crippen LogP contribution is -2.00. The molecule has 2 aromatic rings. The Bertz CT molecular complexity index is 443. The molecule has 1 heterocycles. The average molecular weight is 172 g/mol. The standard InChI is InChI=1S/C11H8O2/c12-11-6-7-13-8-10(11)9-4-2-1-3-5-9/h1-8H. The largest absolute Gasteiger partial charge is 0.472 e. The summed E-state index contributed by atoms with van der Waals surface area (Å²) in [6.07, 6.45) is 2.85. The van der Waals surface area contributed by atoms with E-state index in [1.165, 1.54) is 18.6 Å². The number of rotatable bonds is 1. The molecule has 0 amide bonds. The van der Waals surface area contributed by atoms with Gasteiger partial charge in [0.25, 0.3) is 0 Å². The van der Waals surface area contributed by atoms with Crippen LogP contribution in [0.25, 0.3) is 11.1 Å². The van der Waals surface area contributed by atoms with Gasteiger partial charge in [0.1, 0.15) is 6.26 Å². The van der Waals surface area contributed by atoms with Crippen LogP contribution in [0.2, 0.25) is 0 Å². The van der Waals surface area contributed by atoms with Gasteiger partial charge in [-0.25, -0.2) is 0 Å². The fourth-order valence-corrected chi connectivity index (χ4v) is 1.18. The number of hydrogen-bond acceptors (Lipinski definition) is 2. The third-order valence-corrected chi connectivity index (χ3v) is 1.83. The van der Waals surface area contributed by atoms with Crippen LogP contribution in [0.3, 0.4) is 0 Å². The minimum absolute atomic E-state index is 0.0162. The predicted octanol–water partition coefficient (Wildman–Crippen LogP) is 2.31. The summed E-state index contributed by atoms with van der Waals surface area (Å²) in [6.45, 7) is 0. The first-order valence-electron chi connectivity index (χ1n) is 4.00. The van der Waals surface area contributed by atoms with E-state index in [0.29, 0.717) is 5.56 Å². The second-order valence-electron chi connectivity index (χ2n) is 2.70. The van der Waals surface area contributed by atoms with Gasteiger partial charge in [0.2, 0.25) is 0 Å². The van der Waals surface area contributed by atoms with Crippen molar-refractivity contribution in [2.45, 2.75) is 0 Å². The molecule has 2 nitrogen and oxygen atoms in total. The van der Waals surface area contributed by atoms with Gasteiger partial charge in [0.05, 0.1) is 11.8 Å². The van der Waals surface area contributed by atoms with Gasteiger partial charge in [0.15, 0.2) is 5.43 Å². The first-order chi connectivity index (χ1) is 6.38. The molecule has 0 N–H and O–H groups in total. The van der Waals surface area contributed by atoms with Crippen molar-refractivity contribution in [3.8, 4) is 11.1 Å². The Hall–Kier alpha value is -1.83. The molecule has 2 heteroatoms. The summed E-state index contributed by atoms with van der Waals surface area (Å²) >= 11 is 0. The quantitative estimate of drug-likeness (QED) is 0.660. The molecular formula is C11H8O2. The Morgan fingerprint density at radius 3 is 2.46 bits per heavy atom. The summed E-state index contributed by atoms with van der Waals surface area (Å²) in [4.78, 5) is 11.4. The monoisotopic (exact) mass is 172 g/mol. The fourth-order valence-electron chi connectivity index (χ4n) is 1.18. The van der Waals surface area contributed by atoms with Crippen LogP contribution in [0.4, 0.5) is 0 Å². The molecule has 0 saturated carbocycles. The van der Waals surface area contributed by atoms with Gasteiger partial charge in [-0.2, -0.15) is 0 Å². The maximum absolute atomic E-state index is 11.4. The number of benzene rings is 1. The van der Waals surface area contributed by atoms with E-state index in [4.69, 9.17) is 4.42 Å². The number of hydrogen-bond donors (Lipinski definition) is 0. The summed E-state index contributed by atoms with van der Waals surface area (Å²) in [5.74, 6) is 0. The second kappa shape index (κ2) is 3.27. The van der Waals surface area contributed by atoms with Crippen molar-refractivity contribution in [2.24, 2.45) is 0 Å². The predicted molar refractivity (Wildman–Crippen MR) is 50.4 cm³/mol. The van der Waals surface area contributed by atoms with Crippen LogP contribution < -0.4 is 5.43 Å². The summed E-state index contributed by atoms with van der Waals surface area (Å²) < 4.78 is 4.94. The van der Waals surface area contributed by atoms with Crippen molar-refractivity contribution in [1.82, 2.24) is 0 Å². The molecular weight excluding hydrogens is 164 g/mol. The van der Waals surface area contributed by atoms with Crippen LogP contribution in [-0.4, -0.2) is 0 Å². The van der Waals surface area contributed by atoms with E-state index in [-0.39, 0.29) is 5.43 Å². The Morgan fingerprint density at radius 1 is 1.00 bits per heavy atom. The lowest BCUT2D eigenvalue weighted by molar-refractivity contribution is 0.550. The van der Waals surface area contributed by atoms with E-state index in [1.54, 1.807) is 0 Å². The van der Waals surface area contributed by atoms with Gasteiger partial charge >= 0.3 is 0 Å². The van der Waals surface area contributed by atoms with E-state index in [1.807, 2.05) is 30.3 Å². The summed E-state index contributed by atoms with van der Waals surface area (Å²) in [6, 6.07) is 10.9. The Balaban J connectivity index is 2.60. The first kappa shape index (κ1) is 7.80. The lowest BCUT2D eigenvalue weighted by atomic mass is 10.1. The highest BCUT2D eigenvalue weighted by molar-refractivity contribution is 5.61. The van der Waals surface area contributed by atoms with Crippen molar-refractivity contribution in [3.63, 3.8) is 0 Å². The molecule has 0 radical (unpaired) electrons. The SMILES string of the molecule is O=c1ccocc1-c1ccccc1. The van der Waals surface area contributed by atoms with E-state index in [9.17, 15) is 4.79 Å². The maximum atomic E-state index is 11.4. The molecule has 0 aliphatic rings. The average Bonchev–Trinajstić information content (AvgIpc) is 2.20. The van der Waals surface area contributed by atoms with Gasteiger partial charge in [-0.15, -0.1) is 0 Å². The van der Waals surface area contributed by atoms with E-state index >= 15 is 0 Å². The zero-order chi connectivity index (χ0) is 9.10. The molecule has 0 atom stereocenters. The molecule has 64 valence electrons. The molecule has 0 saturated heterocycles. The molecule has 2 rings (SSSR count). The molecule has 0 aliphatic carbocycles. The highest BCUT2D eigenvalue weighted by atomic mass is 16.3. The van der Waals surface area contributed by atoms with Crippen LogP contribution in [-0.2, 0) is 0 Å². The van der Waals surface area contributed by atoms with Crippen LogP contribution in [0.5, 0.6) is 0 Å². The fraction of sp³-hybridized carbons (Fsp3) is 0. The minimum atomic E-state index is -0.0162. The molecule has 0 aliphatic heterocycles. The Morgan fingerprint density at radius 2 is 1.77 bits per heavy atom. The van der Waals surface area contributed by atoms with E-state index in [0.717, 1.165) is 5.56 Å². The van der Waals surface area contributed by atoms with Gasteiger partial charge in [-0.05, 0) is 5.56 Å². The minimum Gasteiger partial charge on any atom is -0.472 e. The zero-order valence-electron chi connectivity index (χ0n) is 6.94. The molecule has 0 fully saturated rings. The van der Waals surface area contributed by atoms with Crippen LogP contribution in [0.15, 0.2) is 58.1 Å². The maximum Gasteiger partial charge on any atom is 0.192 e. The van der Waals surface area contributed by atoms with Crippen molar-refractivity contribution in [3.05, 3.63) is 59.1 Å². The third-order valence-electron chi connectivity index (χ3n) is 1.83. The van der Waals surface area contributed by atoms with E-state index in [2.05, 4.69) is 0 Å². The van der Waals surface area contributed by atoms with Crippen molar-refractivity contribution in [2.75, 3.05) is 0 Å². The first-order valence-corrected chi connectivity index (χ1v) is 4.00. The third kappa shape index (κ3) is 1.51. The van der Waals surface area contributed by atoms with Crippen LogP contribution in [0.1, 0.15) is 0 Å². The van der Waals surface area contributed by atoms with E-state index < -0.39 is 0 Å². The Labute approximate surface area is 75.5 Å². The molecule has 1 aromatic carbocycles. The zero-order valence-corrected chi connectivity index (χ0v) is 6.94. The summed E-state index contributed by atoms with van der Waals surface area (Å²) in [7, 11) is 0. The van der Waals surface area contributed by atoms with Crippen LogP contribution in [0, 0.1) is 0 Å². The van der Waals surface area contributed by atoms with Gasteiger partial charge in [-0.3, -0.25) is 4.79 Å². The highest BCUT2D eigenvalue weighted by Crippen LogP contribution is 2.13. The van der Waals surface area contributed by atoms with Gasteiger partial charge in [0, 0.05) is 6.07 Å². The second-order valence-corrected chi connectivity index (χ2v) is 2.70. The molecule has 0 bridgehead atoms. The highest BCUT2D eigenvalue weighted by Gasteiger charge is 2.00. The lowest BCUT2D eigenvalue weighted by Gasteiger charge is -1.96. The smallest absolute Gasteiger partial charge is 0.192 e. The molecule has 13 heavy (non-hydrogen) atoms. The summed E-state index contributed by atoms with van der Waals surface area (Å²) in [5, 5.41) is 0. The van der Waals surface area contributed by atoms with Gasteiger partial charge in [-0.1, -0.05) is 30.3 Å². The molecule has 1 aromatic heterocycles. The van der Waals surface area contributed by atoms with Gasteiger partial charge < -0.3 is 4.42 Å². The van der Waals surface area contributed by atoms with Crippen molar-refractivity contribution in [1.29, 1.82) is 0 Å².